The third kappa shape index (κ3) is 4.34. The van der Waals surface area contributed by atoms with Gasteiger partial charge in [-0.1, -0.05) is 15.9 Å². The monoisotopic (exact) mass is 347 g/mol. The maximum absolute atomic E-state index is 7.55. The molecule has 110 valence electrons. The molecule has 0 radical (unpaired) electrons. The molecule has 2 aromatic rings. The summed E-state index contributed by atoms with van der Waals surface area (Å²) < 4.78 is 0.964. The molecule has 0 spiro atoms. The van der Waals surface area contributed by atoms with Crippen molar-refractivity contribution in [2.24, 2.45) is 0 Å². The third-order valence-corrected chi connectivity index (χ3v) is 3.41. The lowest BCUT2D eigenvalue weighted by Gasteiger charge is -2.09. The Morgan fingerprint density at radius 1 is 1.38 bits per heavy atom. The summed E-state index contributed by atoms with van der Waals surface area (Å²) in [5, 5.41) is 10.7. The zero-order valence-electron chi connectivity index (χ0n) is 12.1. The second-order valence-corrected chi connectivity index (χ2v) is 5.81. The summed E-state index contributed by atoms with van der Waals surface area (Å²) in [5.41, 5.74) is 3.05. The van der Waals surface area contributed by atoms with Crippen LogP contribution in [0.5, 0.6) is 0 Å². The Bertz CT molecular complexity index is 666. The van der Waals surface area contributed by atoms with Crippen molar-refractivity contribution in [3.05, 3.63) is 40.8 Å². The van der Waals surface area contributed by atoms with Crippen molar-refractivity contribution in [2.75, 3.05) is 27.2 Å². The van der Waals surface area contributed by atoms with E-state index >= 15 is 0 Å². The fraction of sp³-hybridized carbons (Fsp3) is 0.267. The SMILES string of the molecule is CN(C)CCN/C=C(\C=N)c1cnc2ccc(Br)cc2n1. The molecule has 0 saturated carbocycles. The minimum Gasteiger partial charge on any atom is -0.389 e. The van der Waals surface area contributed by atoms with E-state index in [9.17, 15) is 0 Å². The molecule has 2 N–H and O–H groups in total. The molecule has 1 heterocycles. The first-order valence-corrected chi connectivity index (χ1v) is 7.41. The molecule has 0 unspecified atom stereocenters. The van der Waals surface area contributed by atoms with Crippen molar-refractivity contribution in [2.45, 2.75) is 0 Å². The van der Waals surface area contributed by atoms with Gasteiger partial charge in [0.2, 0.25) is 0 Å². The highest BCUT2D eigenvalue weighted by Gasteiger charge is 2.04. The molecule has 2 rings (SSSR count). The number of nitrogens with one attached hydrogen (secondary N) is 2. The van der Waals surface area contributed by atoms with Gasteiger partial charge in [0.05, 0.1) is 22.9 Å². The maximum Gasteiger partial charge on any atom is 0.0922 e. The molecule has 6 heteroatoms. The number of fused-ring (bicyclic) bond motifs is 1. The van der Waals surface area contributed by atoms with Crippen LogP contribution in [0.2, 0.25) is 0 Å². The third-order valence-electron chi connectivity index (χ3n) is 2.92. The Morgan fingerprint density at radius 2 is 2.19 bits per heavy atom. The van der Waals surface area contributed by atoms with Gasteiger partial charge in [0, 0.05) is 35.5 Å². The number of rotatable bonds is 6. The number of likely N-dealkylation sites (N-methyl/N-ethyl adjacent to an activating group) is 1. The van der Waals surface area contributed by atoms with Crippen molar-refractivity contribution in [1.82, 2.24) is 20.2 Å². The van der Waals surface area contributed by atoms with Gasteiger partial charge in [-0.05, 0) is 32.3 Å². The molecule has 0 aliphatic rings. The van der Waals surface area contributed by atoms with Crippen LogP contribution in [0, 0.1) is 5.41 Å². The zero-order chi connectivity index (χ0) is 15.2. The minimum absolute atomic E-state index is 0.688. The molecule has 0 atom stereocenters. The van der Waals surface area contributed by atoms with E-state index in [1.165, 1.54) is 6.21 Å². The lowest BCUT2D eigenvalue weighted by Crippen LogP contribution is -2.23. The summed E-state index contributed by atoms with van der Waals surface area (Å²) in [6.07, 6.45) is 4.79. The van der Waals surface area contributed by atoms with E-state index in [2.05, 4.69) is 36.1 Å². The summed E-state index contributed by atoms with van der Waals surface area (Å²) in [6.45, 7) is 1.75. The summed E-state index contributed by atoms with van der Waals surface area (Å²) >= 11 is 3.43. The topological polar surface area (TPSA) is 64.9 Å². The number of aromatic nitrogens is 2. The van der Waals surface area contributed by atoms with Crippen LogP contribution >= 0.6 is 15.9 Å². The molecule has 0 saturated heterocycles. The smallest absolute Gasteiger partial charge is 0.0922 e. The van der Waals surface area contributed by atoms with Gasteiger partial charge < -0.3 is 15.6 Å². The first-order valence-electron chi connectivity index (χ1n) is 6.61. The number of hydrogen-bond donors (Lipinski definition) is 2. The summed E-state index contributed by atoms with van der Waals surface area (Å²) in [6, 6.07) is 5.78. The predicted octanol–water partition coefficient (Wildman–Crippen LogP) is 2.53. The molecule has 0 aliphatic carbocycles. The van der Waals surface area contributed by atoms with Crippen LogP contribution in [0.25, 0.3) is 16.6 Å². The van der Waals surface area contributed by atoms with E-state index in [-0.39, 0.29) is 0 Å². The van der Waals surface area contributed by atoms with Crippen LogP contribution in [0.1, 0.15) is 5.69 Å². The van der Waals surface area contributed by atoms with Gasteiger partial charge in [-0.25, -0.2) is 4.98 Å². The molecule has 0 aliphatic heterocycles. The van der Waals surface area contributed by atoms with Crippen molar-refractivity contribution in [3.63, 3.8) is 0 Å². The average molecular weight is 348 g/mol. The van der Waals surface area contributed by atoms with Crippen LogP contribution in [0.4, 0.5) is 0 Å². The molecule has 5 nitrogen and oxygen atoms in total. The number of benzene rings is 1. The Kier molecular flexibility index (Phi) is 5.41. The van der Waals surface area contributed by atoms with E-state index in [0.29, 0.717) is 11.3 Å². The van der Waals surface area contributed by atoms with Gasteiger partial charge in [0.25, 0.3) is 0 Å². The fourth-order valence-electron chi connectivity index (χ4n) is 1.78. The van der Waals surface area contributed by atoms with Crippen LogP contribution < -0.4 is 5.32 Å². The highest BCUT2D eigenvalue weighted by molar-refractivity contribution is 9.10. The zero-order valence-corrected chi connectivity index (χ0v) is 13.7. The number of nitrogens with zero attached hydrogens (tertiary/aromatic N) is 3. The maximum atomic E-state index is 7.55. The fourth-order valence-corrected chi connectivity index (χ4v) is 2.13. The van der Waals surface area contributed by atoms with Crippen molar-refractivity contribution >= 4 is 38.8 Å². The van der Waals surface area contributed by atoms with Crippen molar-refractivity contribution in [1.29, 1.82) is 5.41 Å². The van der Waals surface area contributed by atoms with E-state index in [1.807, 2.05) is 38.5 Å². The van der Waals surface area contributed by atoms with E-state index in [1.54, 1.807) is 6.20 Å². The summed E-state index contributed by atoms with van der Waals surface area (Å²) in [4.78, 5) is 11.0. The van der Waals surface area contributed by atoms with Crippen molar-refractivity contribution < 1.29 is 0 Å². The average Bonchev–Trinajstić information content (AvgIpc) is 2.46. The van der Waals surface area contributed by atoms with Crippen molar-refractivity contribution in [3.8, 4) is 0 Å². The lowest BCUT2D eigenvalue weighted by atomic mass is 10.2. The molecular formula is C15H18BrN5. The Morgan fingerprint density at radius 3 is 2.90 bits per heavy atom. The predicted molar refractivity (Wildman–Crippen MR) is 90.6 cm³/mol. The van der Waals surface area contributed by atoms with Gasteiger partial charge >= 0.3 is 0 Å². The summed E-state index contributed by atoms with van der Waals surface area (Å²) in [7, 11) is 4.05. The van der Waals surface area contributed by atoms with Gasteiger partial charge in [-0.2, -0.15) is 0 Å². The molecule has 0 fully saturated rings. The van der Waals surface area contributed by atoms with Gasteiger partial charge in [0.15, 0.2) is 0 Å². The number of hydrogen-bond acceptors (Lipinski definition) is 5. The molecule has 0 bridgehead atoms. The standard InChI is InChI=1S/C15H18BrN5/c1-21(2)6-5-18-9-11(8-17)15-10-19-13-4-3-12(16)7-14(13)20-15/h3-4,7-10,17-18H,5-6H2,1-2H3/b11-9+,17-8?. The first kappa shape index (κ1) is 15.6. The van der Waals surface area contributed by atoms with Crippen LogP contribution in [-0.4, -0.2) is 48.3 Å². The normalized spacial score (nSPS) is 11.9. The van der Waals surface area contributed by atoms with Crippen LogP contribution in [0.15, 0.2) is 35.1 Å². The van der Waals surface area contributed by atoms with E-state index < -0.39 is 0 Å². The molecule has 1 aromatic heterocycles. The van der Waals surface area contributed by atoms with Crippen LogP contribution in [0.3, 0.4) is 0 Å². The quantitative estimate of drug-likeness (QED) is 0.622. The minimum atomic E-state index is 0.688. The molecule has 1 aromatic carbocycles. The largest absolute Gasteiger partial charge is 0.389 e. The van der Waals surface area contributed by atoms with Gasteiger partial charge in [-0.15, -0.1) is 0 Å². The van der Waals surface area contributed by atoms with Gasteiger partial charge in [-0.3, -0.25) is 4.98 Å². The van der Waals surface area contributed by atoms with E-state index in [0.717, 1.165) is 28.6 Å². The molecular weight excluding hydrogens is 330 g/mol. The van der Waals surface area contributed by atoms with E-state index in [4.69, 9.17) is 5.41 Å². The second kappa shape index (κ2) is 7.28. The Labute approximate surface area is 132 Å². The van der Waals surface area contributed by atoms with Gasteiger partial charge in [0.1, 0.15) is 0 Å². The molecule has 21 heavy (non-hydrogen) atoms. The Balaban J connectivity index is 2.21. The first-order chi connectivity index (χ1) is 10.1. The number of halogens is 1. The van der Waals surface area contributed by atoms with Crippen LogP contribution in [-0.2, 0) is 0 Å². The highest BCUT2D eigenvalue weighted by Crippen LogP contribution is 2.18. The summed E-state index contributed by atoms with van der Waals surface area (Å²) in [5.74, 6) is 0. The lowest BCUT2D eigenvalue weighted by molar-refractivity contribution is 0.410. The second-order valence-electron chi connectivity index (χ2n) is 4.89. The Hall–Kier alpha value is -1.79. The highest BCUT2D eigenvalue weighted by atomic mass is 79.9. The number of allylic oxidation sites excluding steroid dienone is 1. The molecule has 0 amide bonds.